The Labute approximate surface area is 166 Å². The maximum Gasteiger partial charge on any atom is 0.128 e. The molecular weight excluding hydrogens is 459 g/mol. The van der Waals surface area contributed by atoms with Gasteiger partial charge in [-0.25, -0.2) is 4.21 Å². The van der Waals surface area contributed by atoms with Gasteiger partial charge in [0.25, 0.3) is 0 Å². The van der Waals surface area contributed by atoms with Gasteiger partial charge in [-0.05, 0) is 76.2 Å². The van der Waals surface area contributed by atoms with Crippen molar-refractivity contribution in [1.29, 1.82) is 0 Å². The van der Waals surface area contributed by atoms with Gasteiger partial charge in [0.1, 0.15) is 3.70 Å². The molecule has 0 amide bonds. The van der Waals surface area contributed by atoms with E-state index in [0.29, 0.717) is 10.8 Å². The summed E-state index contributed by atoms with van der Waals surface area (Å²) >= 11 is 2.29. The van der Waals surface area contributed by atoms with Crippen LogP contribution in [0.15, 0.2) is 47.4 Å². The van der Waals surface area contributed by atoms with Crippen LogP contribution in [0.4, 0.5) is 0 Å². The second-order valence-electron chi connectivity index (χ2n) is 7.55. The first-order valence-corrected chi connectivity index (χ1v) is 12.4. The van der Waals surface area contributed by atoms with Crippen LogP contribution in [0.25, 0.3) is 22.0 Å². The number of benzene rings is 2. The van der Waals surface area contributed by atoms with Crippen LogP contribution in [0, 0.1) is 3.70 Å². The SMILES string of the molecule is CS(C)(=O)(O)c1ccc(-c2ccc3c(C4CCC4)c(I)nnc3c2)cc1. The molecule has 2 aromatic carbocycles. The molecule has 26 heavy (non-hydrogen) atoms. The molecule has 1 saturated carbocycles. The van der Waals surface area contributed by atoms with Crippen molar-refractivity contribution in [1.82, 2.24) is 10.2 Å². The van der Waals surface area contributed by atoms with Gasteiger partial charge in [0.15, 0.2) is 0 Å². The van der Waals surface area contributed by atoms with Crippen LogP contribution in [-0.4, -0.2) is 31.5 Å². The monoisotopic (exact) mass is 480 g/mol. The van der Waals surface area contributed by atoms with Gasteiger partial charge in [0.2, 0.25) is 0 Å². The highest BCUT2D eigenvalue weighted by Gasteiger charge is 2.25. The molecule has 0 atom stereocenters. The van der Waals surface area contributed by atoms with Crippen molar-refractivity contribution in [3.05, 3.63) is 51.7 Å². The quantitative estimate of drug-likeness (QED) is 0.532. The van der Waals surface area contributed by atoms with Crippen molar-refractivity contribution < 1.29 is 8.76 Å². The molecule has 1 N–H and O–H groups in total. The standard InChI is InChI=1S/C20H21IN2O2S/c1-26(2,24,25)16-9-6-13(7-10-16)15-8-11-17-18(12-15)22-23-20(21)19(17)14-4-3-5-14/h6-12,14H,3-5H2,1-2H3,(H,24,25). The van der Waals surface area contributed by atoms with E-state index in [1.165, 1.54) is 42.7 Å². The molecule has 136 valence electrons. The molecule has 0 bridgehead atoms. The molecular formula is C20H21IN2O2S. The Morgan fingerprint density at radius 2 is 1.69 bits per heavy atom. The lowest BCUT2D eigenvalue weighted by Gasteiger charge is -2.33. The Balaban J connectivity index is 1.76. The highest BCUT2D eigenvalue weighted by molar-refractivity contribution is 14.1. The predicted molar refractivity (Wildman–Crippen MR) is 115 cm³/mol. The Hall–Kier alpha value is -1.38. The van der Waals surface area contributed by atoms with Crippen LogP contribution in [0.5, 0.6) is 0 Å². The minimum absolute atomic E-state index is 0.452. The van der Waals surface area contributed by atoms with E-state index in [4.69, 9.17) is 0 Å². The van der Waals surface area contributed by atoms with Gasteiger partial charge < -0.3 is 0 Å². The number of halogens is 1. The second kappa shape index (κ2) is 6.07. The molecule has 4 rings (SSSR count). The average Bonchev–Trinajstić information content (AvgIpc) is 2.54. The molecule has 6 heteroatoms. The van der Waals surface area contributed by atoms with Crippen molar-refractivity contribution in [2.24, 2.45) is 0 Å². The van der Waals surface area contributed by atoms with Crippen LogP contribution in [0.3, 0.4) is 0 Å². The summed E-state index contributed by atoms with van der Waals surface area (Å²) in [7, 11) is -3.71. The van der Waals surface area contributed by atoms with Crippen LogP contribution >= 0.6 is 22.6 Å². The molecule has 3 aromatic rings. The normalized spacial score (nSPS) is 16.8. The summed E-state index contributed by atoms with van der Waals surface area (Å²) in [6.45, 7) is 0. The van der Waals surface area contributed by atoms with Crippen molar-refractivity contribution in [2.45, 2.75) is 30.1 Å². The Kier molecular flexibility index (Phi) is 4.20. The number of rotatable bonds is 3. The average molecular weight is 480 g/mol. The Morgan fingerprint density at radius 1 is 1.04 bits per heavy atom. The number of hydrogen-bond donors (Lipinski definition) is 1. The summed E-state index contributed by atoms with van der Waals surface area (Å²) in [5.41, 5.74) is 4.28. The number of aromatic nitrogens is 2. The minimum atomic E-state index is -3.71. The summed E-state index contributed by atoms with van der Waals surface area (Å²) in [6, 6.07) is 13.5. The van der Waals surface area contributed by atoms with Gasteiger partial charge in [-0.15, -0.1) is 10.2 Å². The zero-order chi connectivity index (χ0) is 18.6. The van der Waals surface area contributed by atoms with Crippen LogP contribution < -0.4 is 0 Å². The third-order valence-electron chi connectivity index (χ3n) is 5.13. The van der Waals surface area contributed by atoms with Crippen molar-refractivity contribution in [2.75, 3.05) is 12.5 Å². The van der Waals surface area contributed by atoms with Crippen LogP contribution in [0.2, 0.25) is 0 Å². The van der Waals surface area contributed by atoms with Crippen LogP contribution in [-0.2, 0) is 9.35 Å². The Bertz CT molecular complexity index is 1060. The van der Waals surface area contributed by atoms with Gasteiger partial charge in [-0.2, -0.15) is 9.35 Å². The van der Waals surface area contributed by atoms with Gasteiger partial charge in [-0.1, -0.05) is 30.7 Å². The smallest absolute Gasteiger partial charge is 0.128 e. The number of nitrogens with zero attached hydrogens (tertiary/aromatic N) is 2. The van der Waals surface area contributed by atoms with Crippen molar-refractivity contribution in [3.8, 4) is 11.1 Å². The number of fused-ring (bicyclic) bond motifs is 1. The van der Waals surface area contributed by atoms with E-state index in [9.17, 15) is 8.76 Å². The molecule has 0 saturated heterocycles. The molecule has 4 nitrogen and oxygen atoms in total. The fourth-order valence-corrected chi connectivity index (χ4v) is 5.16. The predicted octanol–water partition coefficient (Wildman–Crippen LogP) is 5.08. The highest BCUT2D eigenvalue weighted by atomic mass is 127. The lowest BCUT2D eigenvalue weighted by Crippen LogP contribution is -2.28. The first-order chi connectivity index (χ1) is 12.2. The fraction of sp³-hybridized carbons (Fsp3) is 0.300. The molecule has 0 aliphatic heterocycles. The Morgan fingerprint density at radius 3 is 2.27 bits per heavy atom. The second-order valence-corrected chi connectivity index (χ2v) is 12.6. The lowest BCUT2D eigenvalue weighted by atomic mass is 9.79. The summed E-state index contributed by atoms with van der Waals surface area (Å²) in [5.74, 6) is 0.605. The van der Waals surface area contributed by atoms with E-state index in [1.54, 1.807) is 12.1 Å². The van der Waals surface area contributed by atoms with E-state index in [2.05, 4.69) is 51.0 Å². The first kappa shape index (κ1) is 18.0. The summed E-state index contributed by atoms with van der Waals surface area (Å²) in [6.07, 6.45) is 6.51. The molecule has 1 fully saturated rings. The maximum absolute atomic E-state index is 12.3. The maximum atomic E-state index is 12.3. The highest BCUT2D eigenvalue weighted by Crippen LogP contribution is 2.41. The number of hydrogen-bond acceptors (Lipinski definition) is 3. The van der Waals surface area contributed by atoms with Gasteiger partial charge >= 0.3 is 0 Å². The topological polar surface area (TPSA) is 63.1 Å². The molecule has 0 spiro atoms. The van der Waals surface area contributed by atoms with E-state index >= 15 is 0 Å². The summed E-state index contributed by atoms with van der Waals surface area (Å²) in [5, 5.41) is 9.95. The van der Waals surface area contributed by atoms with E-state index < -0.39 is 9.35 Å². The first-order valence-electron chi connectivity index (χ1n) is 8.62. The molecule has 1 aliphatic rings. The molecule has 1 heterocycles. The van der Waals surface area contributed by atoms with Crippen molar-refractivity contribution in [3.63, 3.8) is 0 Å². The third kappa shape index (κ3) is 3.30. The zero-order valence-electron chi connectivity index (χ0n) is 14.8. The van der Waals surface area contributed by atoms with E-state index in [0.717, 1.165) is 20.3 Å². The summed E-state index contributed by atoms with van der Waals surface area (Å²) < 4.78 is 23.5. The van der Waals surface area contributed by atoms with Crippen molar-refractivity contribution >= 4 is 42.8 Å². The molecule has 1 aliphatic carbocycles. The largest absolute Gasteiger partial charge is 0.299 e. The van der Waals surface area contributed by atoms with Gasteiger partial charge in [0, 0.05) is 17.9 Å². The zero-order valence-corrected chi connectivity index (χ0v) is 17.8. The lowest BCUT2D eigenvalue weighted by molar-refractivity contribution is 0.419. The summed E-state index contributed by atoms with van der Waals surface area (Å²) in [4.78, 5) is 0.452. The third-order valence-corrected chi connectivity index (χ3v) is 7.54. The van der Waals surface area contributed by atoms with E-state index in [1.807, 2.05) is 12.1 Å². The van der Waals surface area contributed by atoms with Gasteiger partial charge in [0.05, 0.1) is 10.4 Å². The molecule has 1 aromatic heterocycles. The molecule has 0 unspecified atom stereocenters. The minimum Gasteiger partial charge on any atom is -0.299 e. The van der Waals surface area contributed by atoms with Gasteiger partial charge in [-0.3, -0.25) is 4.55 Å². The van der Waals surface area contributed by atoms with Crippen LogP contribution in [0.1, 0.15) is 30.7 Å². The fourth-order valence-electron chi connectivity index (χ4n) is 3.41. The molecule has 0 radical (unpaired) electrons. The van der Waals surface area contributed by atoms with E-state index in [-0.39, 0.29) is 0 Å².